The van der Waals surface area contributed by atoms with Gasteiger partial charge in [-0.25, -0.2) is 15.0 Å². The second kappa shape index (κ2) is 8.02. The number of amides is 1. The molecule has 0 bridgehead atoms. The summed E-state index contributed by atoms with van der Waals surface area (Å²) in [6.07, 6.45) is 4.71. The fourth-order valence-corrected chi connectivity index (χ4v) is 3.14. The van der Waals surface area contributed by atoms with E-state index in [1.54, 1.807) is 13.3 Å². The minimum atomic E-state index is -0.0395. The summed E-state index contributed by atoms with van der Waals surface area (Å²) in [5.41, 5.74) is 0.857. The van der Waals surface area contributed by atoms with Crippen molar-refractivity contribution in [1.29, 1.82) is 0 Å². The summed E-state index contributed by atoms with van der Waals surface area (Å²) >= 11 is 0. The standard InChI is InChI=1S/C18H23N5O2/c1-13-20-14(11-17(21-13)22-16-8-3-5-9-19-16)15-7-4-6-10-23(15)18(24)12-25-2/h3,5,8-9,11,15H,4,6-7,10,12H2,1-2H3,(H,19,20,21,22)/t15-/m0/s1. The van der Waals surface area contributed by atoms with Crippen LogP contribution in [0.5, 0.6) is 0 Å². The number of hydrogen-bond acceptors (Lipinski definition) is 6. The van der Waals surface area contributed by atoms with Crippen molar-refractivity contribution in [2.75, 3.05) is 25.6 Å². The molecular formula is C18H23N5O2. The Morgan fingerprint density at radius 3 is 2.96 bits per heavy atom. The van der Waals surface area contributed by atoms with E-state index in [9.17, 15) is 4.79 Å². The zero-order valence-corrected chi connectivity index (χ0v) is 14.6. The van der Waals surface area contributed by atoms with Gasteiger partial charge < -0.3 is 15.0 Å². The highest BCUT2D eigenvalue weighted by molar-refractivity contribution is 5.78. The van der Waals surface area contributed by atoms with Gasteiger partial charge in [-0.2, -0.15) is 0 Å². The molecule has 0 radical (unpaired) electrons. The van der Waals surface area contributed by atoms with Crippen molar-refractivity contribution in [3.63, 3.8) is 0 Å². The molecule has 132 valence electrons. The van der Waals surface area contributed by atoms with Gasteiger partial charge in [-0.1, -0.05) is 6.07 Å². The molecule has 0 aliphatic carbocycles. The van der Waals surface area contributed by atoms with Crippen LogP contribution < -0.4 is 5.32 Å². The van der Waals surface area contributed by atoms with Gasteiger partial charge >= 0.3 is 0 Å². The SMILES string of the molecule is COCC(=O)N1CCCC[C@H]1c1cc(Nc2ccccn2)nc(C)n1. The molecule has 7 nitrogen and oxygen atoms in total. The number of likely N-dealkylation sites (tertiary alicyclic amines) is 1. The molecule has 1 aliphatic heterocycles. The van der Waals surface area contributed by atoms with E-state index >= 15 is 0 Å². The van der Waals surface area contributed by atoms with Crippen molar-refractivity contribution >= 4 is 17.5 Å². The predicted octanol–water partition coefficient (Wildman–Crippen LogP) is 2.62. The molecule has 0 unspecified atom stereocenters. The number of carbonyl (C=O) groups is 1. The molecule has 25 heavy (non-hydrogen) atoms. The van der Waals surface area contributed by atoms with Crippen molar-refractivity contribution in [2.45, 2.75) is 32.2 Å². The van der Waals surface area contributed by atoms with Crippen LogP contribution in [-0.2, 0) is 9.53 Å². The number of anilines is 2. The van der Waals surface area contributed by atoms with E-state index in [-0.39, 0.29) is 18.6 Å². The van der Waals surface area contributed by atoms with Crippen LogP contribution >= 0.6 is 0 Å². The summed E-state index contributed by atoms with van der Waals surface area (Å²) in [5, 5.41) is 3.20. The summed E-state index contributed by atoms with van der Waals surface area (Å²) in [6, 6.07) is 7.53. The van der Waals surface area contributed by atoms with Gasteiger partial charge in [-0.3, -0.25) is 4.79 Å². The van der Waals surface area contributed by atoms with Crippen molar-refractivity contribution in [1.82, 2.24) is 19.9 Å². The molecule has 2 aromatic rings. The van der Waals surface area contributed by atoms with Gasteiger partial charge in [-0.05, 0) is 38.3 Å². The molecule has 0 aromatic carbocycles. The van der Waals surface area contributed by atoms with Crippen LogP contribution in [0, 0.1) is 6.92 Å². The third-order valence-electron chi connectivity index (χ3n) is 4.21. The molecule has 3 rings (SSSR count). The van der Waals surface area contributed by atoms with Gasteiger partial charge in [0.15, 0.2) is 0 Å². The molecule has 0 spiro atoms. The van der Waals surface area contributed by atoms with E-state index in [0.29, 0.717) is 11.6 Å². The Morgan fingerprint density at radius 2 is 2.20 bits per heavy atom. The lowest BCUT2D eigenvalue weighted by molar-refractivity contribution is -0.139. The van der Waals surface area contributed by atoms with Crippen LogP contribution in [-0.4, -0.2) is 46.0 Å². The fraction of sp³-hybridized carbons (Fsp3) is 0.444. The van der Waals surface area contributed by atoms with Crippen molar-refractivity contribution < 1.29 is 9.53 Å². The summed E-state index contributed by atoms with van der Waals surface area (Å²) in [7, 11) is 1.54. The Labute approximate surface area is 147 Å². The quantitative estimate of drug-likeness (QED) is 0.900. The maximum Gasteiger partial charge on any atom is 0.249 e. The Balaban J connectivity index is 1.86. The fourth-order valence-electron chi connectivity index (χ4n) is 3.14. The van der Waals surface area contributed by atoms with Crippen molar-refractivity contribution in [3.05, 3.63) is 42.0 Å². The van der Waals surface area contributed by atoms with Crippen LogP contribution in [0.15, 0.2) is 30.5 Å². The number of nitrogens with one attached hydrogen (secondary N) is 1. The first-order chi connectivity index (χ1) is 12.2. The molecule has 7 heteroatoms. The smallest absolute Gasteiger partial charge is 0.249 e. The van der Waals surface area contributed by atoms with Gasteiger partial charge in [0.05, 0.1) is 11.7 Å². The van der Waals surface area contributed by atoms with Gasteiger partial charge in [0, 0.05) is 25.9 Å². The monoisotopic (exact) mass is 341 g/mol. The normalized spacial score (nSPS) is 17.4. The van der Waals surface area contributed by atoms with Gasteiger partial charge in [0.25, 0.3) is 0 Å². The second-order valence-electron chi connectivity index (χ2n) is 6.10. The molecule has 1 atom stereocenters. The number of hydrogen-bond donors (Lipinski definition) is 1. The van der Waals surface area contributed by atoms with Crippen LogP contribution in [0.25, 0.3) is 0 Å². The number of pyridine rings is 1. The molecule has 1 fully saturated rings. The molecule has 0 saturated carbocycles. The largest absolute Gasteiger partial charge is 0.375 e. The average Bonchev–Trinajstić information content (AvgIpc) is 2.62. The lowest BCUT2D eigenvalue weighted by atomic mass is 9.98. The Bertz CT molecular complexity index is 723. The topological polar surface area (TPSA) is 80.2 Å². The zero-order valence-electron chi connectivity index (χ0n) is 14.6. The first kappa shape index (κ1) is 17.3. The molecule has 1 aliphatic rings. The predicted molar refractivity (Wildman–Crippen MR) is 94.5 cm³/mol. The number of piperidine rings is 1. The first-order valence-corrected chi connectivity index (χ1v) is 8.49. The number of nitrogens with zero attached hydrogens (tertiary/aromatic N) is 4. The van der Waals surface area contributed by atoms with E-state index in [4.69, 9.17) is 4.74 Å². The lowest BCUT2D eigenvalue weighted by Gasteiger charge is -2.35. The van der Waals surface area contributed by atoms with E-state index in [1.165, 1.54) is 0 Å². The number of carbonyl (C=O) groups excluding carboxylic acids is 1. The maximum absolute atomic E-state index is 12.4. The highest BCUT2D eigenvalue weighted by Gasteiger charge is 2.29. The Hall–Kier alpha value is -2.54. The minimum Gasteiger partial charge on any atom is -0.375 e. The van der Waals surface area contributed by atoms with E-state index in [0.717, 1.165) is 37.3 Å². The maximum atomic E-state index is 12.4. The number of aromatic nitrogens is 3. The van der Waals surface area contributed by atoms with Crippen LogP contribution in [0.4, 0.5) is 11.6 Å². The zero-order chi connectivity index (χ0) is 17.6. The Kier molecular flexibility index (Phi) is 5.55. The number of ether oxygens (including phenoxy) is 1. The third-order valence-corrected chi connectivity index (χ3v) is 4.21. The van der Waals surface area contributed by atoms with E-state index < -0.39 is 0 Å². The third kappa shape index (κ3) is 4.30. The summed E-state index contributed by atoms with van der Waals surface area (Å²) < 4.78 is 5.02. The van der Waals surface area contributed by atoms with Crippen molar-refractivity contribution in [2.24, 2.45) is 0 Å². The van der Waals surface area contributed by atoms with E-state index in [1.807, 2.05) is 36.1 Å². The first-order valence-electron chi connectivity index (χ1n) is 8.49. The molecule has 1 N–H and O–H groups in total. The number of rotatable bonds is 5. The molecular weight excluding hydrogens is 318 g/mol. The van der Waals surface area contributed by atoms with Gasteiger partial charge in [0.2, 0.25) is 5.91 Å². The summed E-state index contributed by atoms with van der Waals surface area (Å²) in [5.74, 6) is 2.08. The lowest BCUT2D eigenvalue weighted by Crippen LogP contribution is -2.40. The van der Waals surface area contributed by atoms with Gasteiger partial charge in [0.1, 0.15) is 24.1 Å². The summed E-state index contributed by atoms with van der Waals surface area (Å²) in [4.78, 5) is 27.5. The molecule has 3 heterocycles. The number of aryl methyl sites for hydroxylation is 1. The van der Waals surface area contributed by atoms with E-state index in [2.05, 4.69) is 20.3 Å². The van der Waals surface area contributed by atoms with Gasteiger partial charge in [-0.15, -0.1) is 0 Å². The van der Waals surface area contributed by atoms with Crippen LogP contribution in [0.1, 0.15) is 36.8 Å². The second-order valence-corrected chi connectivity index (χ2v) is 6.10. The van der Waals surface area contributed by atoms with Crippen molar-refractivity contribution in [3.8, 4) is 0 Å². The number of methoxy groups -OCH3 is 1. The average molecular weight is 341 g/mol. The van der Waals surface area contributed by atoms with Crippen LogP contribution in [0.3, 0.4) is 0 Å². The highest BCUT2D eigenvalue weighted by Crippen LogP contribution is 2.31. The minimum absolute atomic E-state index is 0.00250. The molecule has 1 saturated heterocycles. The highest BCUT2D eigenvalue weighted by atomic mass is 16.5. The summed E-state index contributed by atoms with van der Waals surface area (Å²) in [6.45, 7) is 2.69. The molecule has 1 amide bonds. The van der Waals surface area contributed by atoms with Crippen LogP contribution in [0.2, 0.25) is 0 Å². The molecule has 2 aromatic heterocycles. The Morgan fingerprint density at radius 1 is 1.32 bits per heavy atom.